The predicted octanol–water partition coefficient (Wildman–Crippen LogP) is 1.54. The summed E-state index contributed by atoms with van der Waals surface area (Å²) < 4.78 is 0. The second-order valence-electron chi connectivity index (χ2n) is 5.61. The molecule has 0 heterocycles. The van der Waals surface area contributed by atoms with Crippen LogP contribution in [-0.4, -0.2) is 29.2 Å². The molecule has 3 amide bonds. The van der Waals surface area contributed by atoms with Crippen LogP contribution in [0.25, 0.3) is 0 Å². The third-order valence-corrected chi connectivity index (χ3v) is 3.38. The Morgan fingerprint density at radius 3 is 2.37 bits per heavy atom. The van der Waals surface area contributed by atoms with Crippen molar-refractivity contribution in [3.63, 3.8) is 0 Å². The highest BCUT2D eigenvalue weighted by molar-refractivity contribution is 5.86. The molecule has 1 aliphatic carbocycles. The molecule has 0 unspecified atom stereocenters. The SMILES string of the molecule is CC(C)C[C@H](NC(=O)NO)C(=O)NC1CCCCC1. The van der Waals surface area contributed by atoms with Crippen molar-refractivity contribution in [1.29, 1.82) is 0 Å². The number of hydroxylamine groups is 1. The molecule has 110 valence electrons. The minimum Gasteiger partial charge on any atom is -0.352 e. The second kappa shape index (κ2) is 7.99. The van der Waals surface area contributed by atoms with E-state index in [0.29, 0.717) is 6.42 Å². The molecule has 0 aliphatic heterocycles. The molecule has 1 saturated carbocycles. The minimum absolute atomic E-state index is 0.163. The smallest absolute Gasteiger partial charge is 0.339 e. The molecule has 19 heavy (non-hydrogen) atoms. The first-order valence-corrected chi connectivity index (χ1v) is 7.04. The van der Waals surface area contributed by atoms with Gasteiger partial charge in [-0.05, 0) is 25.2 Å². The summed E-state index contributed by atoms with van der Waals surface area (Å²) in [5, 5.41) is 14.0. The van der Waals surface area contributed by atoms with E-state index in [1.165, 1.54) is 11.9 Å². The Morgan fingerprint density at radius 1 is 1.21 bits per heavy atom. The fraction of sp³-hybridized carbons (Fsp3) is 0.846. The van der Waals surface area contributed by atoms with Gasteiger partial charge >= 0.3 is 6.03 Å². The Balaban J connectivity index is 2.51. The van der Waals surface area contributed by atoms with Gasteiger partial charge in [0.1, 0.15) is 6.04 Å². The lowest BCUT2D eigenvalue weighted by Gasteiger charge is -2.26. The first-order valence-electron chi connectivity index (χ1n) is 7.04. The Kier molecular flexibility index (Phi) is 6.62. The van der Waals surface area contributed by atoms with Crippen molar-refractivity contribution in [1.82, 2.24) is 16.1 Å². The Bertz CT molecular complexity index is 302. The highest BCUT2D eigenvalue weighted by Gasteiger charge is 2.24. The maximum absolute atomic E-state index is 12.2. The molecule has 4 N–H and O–H groups in total. The number of nitrogens with one attached hydrogen (secondary N) is 3. The fourth-order valence-electron chi connectivity index (χ4n) is 2.44. The van der Waals surface area contributed by atoms with Crippen molar-refractivity contribution in [2.45, 2.75) is 64.5 Å². The summed E-state index contributed by atoms with van der Waals surface area (Å²) in [7, 11) is 0. The third-order valence-electron chi connectivity index (χ3n) is 3.38. The van der Waals surface area contributed by atoms with E-state index in [0.717, 1.165) is 25.7 Å². The van der Waals surface area contributed by atoms with E-state index in [4.69, 9.17) is 5.21 Å². The summed E-state index contributed by atoms with van der Waals surface area (Å²) in [5.74, 6) is 0.116. The first kappa shape index (κ1) is 15.8. The lowest BCUT2D eigenvalue weighted by atomic mass is 9.94. The molecule has 0 spiro atoms. The highest BCUT2D eigenvalue weighted by Crippen LogP contribution is 2.17. The van der Waals surface area contributed by atoms with Crippen molar-refractivity contribution in [2.75, 3.05) is 0 Å². The largest absolute Gasteiger partial charge is 0.352 e. The van der Waals surface area contributed by atoms with Crippen LogP contribution in [0.4, 0.5) is 4.79 Å². The number of hydrogen-bond acceptors (Lipinski definition) is 3. The molecule has 0 aromatic rings. The molecule has 0 aromatic heterocycles. The molecule has 1 rings (SSSR count). The zero-order chi connectivity index (χ0) is 14.3. The van der Waals surface area contributed by atoms with Gasteiger partial charge in [0.2, 0.25) is 5.91 Å². The summed E-state index contributed by atoms with van der Waals surface area (Å²) in [4.78, 5) is 23.3. The topological polar surface area (TPSA) is 90.5 Å². The zero-order valence-corrected chi connectivity index (χ0v) is 11.7. The molecule has 1 fully saturated rings. The average molecular weight is 271 g/mol. The Morgan fingerprint density at radius 2 is 1.84 bits per heavy atom. The number of amides is 3. The lowest BCUT2D eigenvalue weighted by molar-refractivity contribution is -0.124. The molecule has 0 bridgehead atoms. The third kappa shape index (κ3) is 5.92. The van der Waals surface area contributed by atoms with E-state index in [1.807, 2.05) is 13.8 Å². The van der Waals surface area contributed by atoms with Crippen molar-refractivity contribution in [3.8, 4) is 0 Å². The summed E-state index contributed by atoms with van der Waals surface area (Å²) in [6.45, 7) is 3.97. The van der Waals surface area contributed by atoms with Crippen LogP contribution >= 0.6 is 0 Å². The molecule has 6 heteroatoms. The number of urea groups is 1. The number of carbonyl (C=O) groups excluding carboxylic acids is 2. The van der Waals surface area contributed by atoms with Crippen LogP contribution in [0.1, 0.15) is 52.4 Å². The Labute approximate surface area is 114 Å². The number of carbonyl (C=O) groups is 2. The van der Waals surface area contributed by atoms with E-state index in [2.05, 4.69) is 10.6 Å². The summed E-state index contributed by atoms with van der Waals surface area (Å²) in [5.41, 5.74) is 1.50. The second-order valence-corrected chi connectivity index (χ2v) is 5.61. The molecule has 0 radical (unpaired) electrons. The van der Waals surface area contributed by atoms with Crippen LogP contribution in [0.3, 0.4) is 0 Å². The van der Waals surface area contributed by atoms with Gasteiger partial charge in [-0.3, -0.25) is 10.0 Å². The maximum atomic E-state index is 12.2. The highest BCUT2D eigenvalue weighted by atomic mass is 16.5. The molecule has 1 atom stereocenters. The van der Waals surface area contributed by atoms with Crippen LogP contribution in [0.2, 0.25) is 0 Å². The van der Waals surface area contributed by atoms with Crippen molar-refractivity contribution in [2.24, 2.45) is 5.92 Å². The van der Waals surface area contributed by atoms with Crippen LogP contribution in [-0.2, 0) is 4.79 Å². The van der Waals surface area contributed by atoms with Crippen molar-refractivity contribution in [3.05, 3.63) is 0 Å². The van der Waals surface area contributed by atoms with Gasteiger partial charge in [-0.15, -0.1) is 0 Å². The fourth-order valence-corrected chi connectivity index (χ4v) is 2.44. The van der Waals surface area contributed by atoms with Gasteiger partial charge in [-0.2, -0.15) is 0 Å². The van der Waals surface area contributed by atoms with E-state index < -0.39 is 12.1 Å². The molecule has 6 nitrogen and oxygen atoms in total. The standard InChI is InChI=1S/C13H25N3O3/c1-9(2)8-11(15-13(18)16-19)12(17)14-10-6-4-3-5-7-10/h9-11,19H,3-8H2,1-2H3,(H,14,17)(H2,15,16,18)/t11-/m0/s1. The average Bonchev–Trinajstić information content (AvgIpc) is 2.38. The van der Waals surface area contributed by atoms with Crippen LogP contribution < -0.4 is 16.1 Å². The predicted molar refractivity (Wildman–Crippen MR) is 71.7 cm³/mol. The quantitative estimate of drug-likeness (QED) is 0.451. The first-order chi connectivity index (χ1) is 9.02. The van der Waals surface area contributed by atoms with Crippen LogP contribution in [0.5, 0.6) is 0 Å². The normalized spacial score (nSPS) is 17.9. The van der Waals surface area contributed by atoms with Gasteiger partial charge in [0, 0.05) is 6.04 Å². The molecular formula is C13H25N3O3. The van der Waals surface area contributed by atoms with Gasteiger partial charge in [0.05, 0.1) is 0 Å². The van der Waals surface area contributed by atoms with Gasteiger partial charge in [-0.1, -0.05) is 33.1 Å². The summed E-state index contributed by atoms with van der Waals surface area (Å²) in [6.07, 6.45) is 6.08. The summed E-state index contributed by atoms with van der Waals surface area (Å²) >= 11 is 0. The van der Waals surface area contributed by atoms with Crippen LogP contribution in [0.15, 0.2) is 0 Å². The van der Waals surface area contributed by atoms with E-state index in [-0.39, 0.29) is 17.9 Å². The minimum atomic E-state index is -0.746. The van der Waals surface area contributed by atoms with E-state index in [9.17, 15) is 9.59 Å². The lowest BCUT2D eigenvalue weighted by Crippen LogP contribution is -2.52. The maximum Gasteiger partial charge on any atom is 0.339 e. The van der Waals surface area contributed by atoms with Gasteiger partial charge in [0.15, 0.2) is 0 Å². The summed E-state index contributed by atoms with van der Waals surface area (Å²) in [6, 6.07) is -1.13. The van der Waals surface area contributed by atoms with E-state index in [1.54, 1.807) is 0 Å². The molecule has 1 aliphatic rings. The van der Waals surface area contributed by atoms with Gasteiger partial charge in [-0.25, -0.2) is 10.3 Å². The van der Waals surface area contributed by atoms with Crippen molar-refractivity contribution >= 4 is 11.9 Å². The van der Waals surface area contributed by atoms with Crippen LogP contribution in [0, 0.1) is 5.92 Å². The van der Waals surface area contributed by atoms with Gasteiger partial charge in [0.25, 0.3) is 0 Å². The number of rotatable bonds is 5. The Hall–Kier alpha value is -1.30. The van der Waals surface area contributed by atoms with Gasteiger partial charge < -0.3 is 10.6 Å². The number of hydrogen-bond donors (Lipinski definition) is 4. The molecule has 0 saturated heterocycles. The van der Waals surface area contributed by atoms with Crippen molar-refractivity contribution < 1.29 is 14.8 Å². The zero-order valence-electron chi connectivity index (χ0n) is 11.7. The molecule has 0 aromatic carbocycles. The molecular weight excluding hydrogens is 246 g/mol. The monoisotopic (exact) mass is 271 g/mol. The van der Waals surface area contributed by atoms with E-state index >= 15 is 0 Å².